The first-order chi connectivity index (χ1) is 9.99. The van der Waals surface area contributed by atoms with Crippen LogP contribution in [0.15, 0.2) is 29.2 Å². The van der Waals surface area contributed by atoms with Gasteiger partial charge >= 0.3 is 0 Å². The standard InChI is InChI=1S/C15H18N2O2S2/c16-15(20)10-3-1-2-4-11(10)21(18,19)17-14-12-8-5-6-9(7-8)13(12)14/h1-4,8-9,12-14,17H,5-7H2,(H2,16,20). The second-order valence-electron chi connectivity index (χ2n) is 6.50. The van der Waals surface area contributed by atoms with Crippen molar-refractivity contribution < 1.29 is 8.42 Å². The second-order valence-corrected chi connectivity index (χ2v) is 8.62. The summed E-state index contributed by atoms with van der Waals surface area (Å²) in [6, 6.07) is 6.81. The van der Waals surface area contributed by atoms with E-state index in [0.717, 1.165) is 11.8 Å². The summed E-state index contributed by atoms with van der Waals surface area (Å²) in [5.74, 6) is 2.60. The normalized spacial score (nSPS) is 36.5. The molecule has 1 aromatic carbocycles. The van der Waals surface area contributed by atoms with Gasteiger partial charge in [-0.1, -0.05) is 30.4 Å². The minimum atomic E-state index is -3.55. The average Bonchev–Trinajstić information content (AvgIpc) is 2.85. The molecule has 0 aliphatic heterocycles. The zero-order chi connectivity index (χ0) is 14.8. The fraction of sp³-hybridized carbons (Fsp3) is 0.533. The van der Waals surface area contributed by atoms with E-state index in [2.05, 4.69) is 4.72 Å². The molecule has 0 radical (unpaired) electrons. The second kappa shape index (κ2) is 4.51. The molecule has 1 aromatic rings. The largest absolute Gasteiger partial charge is 0.389 e. The van der Waals surface area contributed by atoms with Crippen molar-refractivity contribution in [2.75, 3.05) is 0 Å². The van der Waals surface area contributed by atoms with E-state index in [1.807, 2.05) is 0 Å². The predicted octanol–water partition coefficient (Wildman–Crippen LogP) is 1.64. The van der Waals surface area contributed by atoms with Crippen LogP contribution in [0.1, 0.15) is 24.8 Å². The number of rotatable bonds is 4. The highest BCUT2D eigenvalue weighted by molar-refractivity contribution is 7.89. The van der Waals surface area contributed by atoms with Gasteiger partial charge < -0.3 is 5.73 Å². The van der Waals surface area contributed by atoms with Gasteiger partial charge in [0.2, 0.25) is 10.0 Å². The smallest absolute Gasteiger partial charge is 0.241 e. The molecule has 6 heteroatoms. The van der Waals surface area contributed by atoms with Gasteiger partial charge in [0.25, 0.3) is 0 Å². The molecule has 112 valence electrons. The van der Waals surface area contributed by atoms with Crippen LogP contribution < -0.4 is 10.5 Å². The third-order valence-electron chi connectivity index (χ3n) is 5.47. The molecule has 4 nitrogen and oxygen atoms in total. The Morgan fingerprint density at radius 2 is 1.81 bits per heavy atom. The Balaban J connectivity index is 1.60. The molecule has 2 bridgehead atoms. The van der Waals surface area contributed by atoms with Gasteiger partial charge in [0.05, 0.1) is 4.90 Å². The number of nitrogens with one attached hydrogen (secondary N) is 1. The first kappa shape index (κ1) is 13.7. The van der Waals surface area contributed by atoms with E-state index in [4.69, 9.17) is 18.0 Å². The Bertz CT molecular complexity index is 700. The summed E-state index contributed by atoms with van der Waals surface area (Å²) in [7, 11) is -3.55. The number of hydrogen-bond donors (Lipinski definition) is 2. The summed E-state index contributed by atoms with van der Waals surface area (Å²) >= 11 is 4.96. The van der Waals surface area contributed by atoms with Gasteiger partial charge in [0.1, 0.15) is 4.99 Å². The monoisotopic (exact) mass is 322 g/mol. The van der Waals surface area contributed by atoms with Gasteiger partial charge in [-0.05, 0) is 49.0 Å². The van der Waals surface area contributed by atoms with Crippen LogP contribution in [0.4, 0.5) is 0 Å². The number of sulfonamides is 1. The number of benzene rings is 1. The van der Waals surface area contributed by atoms with Gasteiger partial charge in [-0.2, -0.15) is 0 Å². The lowest BCUT2D eigenvalue weighted by Crippen LogP contribution is -2.31. The molecule has 0 saturated heterocycles. The lowest BCUT2D eigenvalue weighted by Gasteiger charge is -2.13. The zero-order valence-electron chi connectivity index (χ0n) is 11.5. The molecule has 3 N–H and O–H groups in total. The molecule has 21 heavy (non-hydrogen) atoms. The van der Waals surface area contributed by atoms with E-state index in [9.17, 15) is 8.42 Å². The lowest BCUT2D eigenvalue weighted by molar-refractivity contribution is 0.456. The summed E-state index contributed by atoms with van der Waals surface area (Å²) in [6.07, 6.45) is 3.85. The maximum absolute atomic E-state index is 12.6. The highest BCUT2D eigenvalue weighted by Gasteiger charge is 2.65. The molecule has 0 aromatic heterocycles. The summed E-state index contributed by atoms with van der Waals surface area (Å²) in [4.78, 5) is 0.321. The van der Waals surface area contributed by atoms with Crippen molar-refractivity contribution in [2.24, 2.45) is 29.4 Å². The number of thiocarbonyl (C=S) groups is 1. The van der Waals surface area contributed by atoms with Gasteiger partial charge in [-0.15, -0.1) is 0 Å². The maximum Gasteiger partial charge on any atom is 0.241 e. The minimum absolute atomic E-state index is 0.118. The molecule has 4 unspecified atom stereocenters. The van der Waals surface area contributed by atoms with E-state index in [0.29, 0.717) is 17.4 Å². The first-order valence-electron chi connectivity index (χ1n) is 7.40. The Morgan fingerprint density at radius 1 is 1.19 bits per heavy atom. The van der Waals surface area contributed by atoms with Crippen molar-refractivity contribution in [3.63, 3.8) is 0 Å². The SMILES string of the molecule is NC(=S)c1ccccc1S(=O)(=O)NC1C2C3CCC(C3)C12. The number of hydrogen-bond acceptors (Lipinski definition) is 3. The van der Waals surface area contributed by atoms with Crippen molar-refractivity contribution in [1.82, 2.24) is 4.72 Å². The molecule has 3 aliphatic carbocycles. The zero-order valence-corrected chi connectivity index (χ0v) is 13.2. The van der Waals surface area contributed by atoms with Crippen LogP contribution in [0.5, 0.6) is 0 Å². The van der Waals surface area contributed by atoms with Crippen LogP contribution in [0.25, 0.3) is 0 Å². The predicted molar refractivity (Wildman–Crippen MR) is 84.2 cm³/mol. The quantitative estimate of drug-likeness (QED) is 0.827. The fourth-order valence-corrected chi connectivity index (χ4v) is 6.40. The van der Waals surface area contributed by atoms with Gasteiger partial charge in [0.15, 0.2) is 0 Å². The molecule has 3 aliphatic rings. The third-order valence-corrected chi connectivity index (χ3v) is 7.21. The van der Waals surface area contributed by atoms with Crippen LogP contribution in [-0.4, -0.2) is 19.4 Å². The minimum Gasteiger partial charge on any atom is -0.389 e. The average molecular weight is 322 g/mol. The van der Waals surface area contributed by atoms with Crippen molar-refractivity contribution in [3.05, 3.63) is 29.8 Å². The van der Waals surface area contributed by atoms with E-state index in [-0.39, 0.29) is 15.9 Å². The molecule has 0 heterocycles. The highest BCUT2D eigenvalue weighted by atomic mass is 32.2. The number of nitrogens with two attached hydrogens (primary N) is 1. The van der Waals surface area contributed by atoms with E-state index in [1.54, 1.807) is 24.3 Å². The van der Waals surface area contributed by atoms with Gasteiger partial charge in [-0.25, -0.2) is 13.1 Å². The third kappa shape index (κ3) is 2.04. The van der Waals surface area contributed by atoms with Crippen molar-refractivity contribution in [2.45, 2.75) is 30.2 Å². The molecule has 0 spiro atoms. The molecule has 4 atom stereocenters. The maximum atomic E-state index is 12.6. The van der Waals surface area contributed by atoms with E-state index in [1.165, 1.54) is 19.3 Å². The van der Waals surface area contributed by atoms with E-state index >= 15 is 0 Å². The lowest BCUT2D eigenvalue weighted by atomic mass is 10.0. The van der Waals surface area contributed by atoms with Gasteiger partial charge in [0, 0.05) is 11.6 Å². The fourth-order valence-electron chi connectivity index (χ4n) is 4.63. The molecule has 0 amide bonds. The summed E-state index contributed by atoms with van der Waals surface area (Å²) in [5, 5.41) is 0. The van der Waals surface area contributed by atoms with Crippen molar-refractivity contribution in [1.29, 1.82) is 0 Å². The molecular formula is C15H18N2O2S2. The van der Waals surface area contributed by atoms with Crippen LogP contribution in [0.2, 0.25) is 0 Å². The summed E-state index contributed by atoms with van der Waals surface area (Å²) in [5.41, 5.74) is 6.07. The van der Waals surface area contributed by atoms with Gasteiger partial charge in [-0.3, -0.25) is 0 Å². The Kier molecular flexibility index (Phi) is 2.93. The molecule has 3 saturated carbocycles. The van der Waals surface area contributed by atoms with Crippen molar-refractivity contribution in [3.8, 4) is 0 Å². The Hall–Kier alpha value is -0.980. The first-order valence-corrected chi connectivity index (χ1v) is 9.29. The van der Waals surface area contributed by atoms with Crippen LogP contribution in [0.3, 0.4) is 0 Å². The molecule has 3 fully saturated rings. The van der Waals surface area contributed by atoms with Crippen LogP contribution in [-0.2, 0) is 10.0 Å². The topological polar surface area (TPSA) is 72.2 Å². The Labute approximate surface area is 130 Å². The van der Waals surface area contributed by atoms with Crippen LogP contribution in [0, 0.1) is 23.7 Å². The van der Waals surface area contributed by atoms with E-state index < -0.39 is 10.0 Å². The highest BCUT2D eigenvalue weighted by Crippen LogP contribution is 2.65. The number of fused-ring (bicyclic) bond motifs is 5. The Morgan fingerprint density at radius 3 is 2.43 bits per heavy atom. The van der Waals surface area contributed by atoms with Crippen molar-refractivity contribution >= 4 is 27.2 Å². The van der Waals surface area contributed by atoms with Crippen LogP contribution >= 0.6 is 12.2 Å². The summed E-state index contributed by atoms with van der Waals surface area (Å²) in [6.45, 7) is 0. The molecule has 4 rings (SSSR count). The summed E-state index contributed by atoms with van der Waals surface area (Å²) < 4.78 is 28.2. The molecular weight excluding hydrogens is 304 g/mol.